The predicted molar refractivity (Wildman–Crippen MR) is 20.8 cm³/mol. The van der Waals surface area contributed by atoms with Crippen molar-refractivity contribution in [1.82, 2.24) is 4.85 Å². The van der Waals surface area contributed by atoms with Crippen LogP contribution in [0.25, 0.3) is 0 Å². The van der Waals surface area contributed by atoms with Crippen LogP contribution >= 0.6 is 0 Å². The Labute approximate surface area is 30.5 Å². The molecule has 0 N–H and O–H groups in total. The fourth-order valence-electron chi connectivity index (χ4n) is 0.0645. The van der Waals surface area contributed by atoms with Gasteiger partial charge < -0.3 is 0 Å². The molecule has 0 radical (unpaired) electrons. The van der Waals surface area contributed by atoms with E-state index in [9.17, 15) is 0 Å². The monoisotopic (exact) mass is 71.0 g/mol. The van der Waals surface area contributed by atoms with E-state index in [1.165, 1.54) is 0 Å². The Morgan fingerprint density at radius 3 is 2.60 bits per heavy atom. The van der Waals surface area contributed by atoms with Gasteiger partial charge in [-0.15, -0.1) is 6.42 Å². The van der Waals surface area contributed by atoms with Gasteiger partial charge >= 0.3 is 0 Å². The second-order valence-electron chi connectivity index (χ2n) is 0.603. The molecule has 0 amide bonds. The first-order valence-corrected chi connectivity index (χ1v) is 1.47. The van der Waals surface area contributed by atoms with Crippen molar-refractivity contribution in [3.63, 3.8) is 0 Å². The summed E-state index contributed by atoms with van der Waals surface area (Å²) >= 11 is 0. The van der Waals surface area contributed by atoms with E-state index >= 15 is 0 Å². The second kappa shape index (κ2) is 3.38. The van der Waals surface area contributed by atoms with Gasteiger partial charge in [0.15, 0.2) is 0 Å². The highest BCUT2D eigenvalue weighted by Crippen LogP contribution is 1.53. The highest BCUT2D eigenvalue weighted by atomic mass is 16.2. The summed E-state index contributed by atoms with van der Waals surface area (Å²) in [4.78, 5) is 11.4. The molecule has 0 fully saturated rings. The van der Waals surface area contributed by atoms with Crippen molar-refractivity contribution >= 4 is 6.21 Å². The van der Waals surface area contributed by atoms with Crippen LogP contribution < -0.4 is 4.85 Å². The Morgan fingerprint density at radius 2 is 2.60 bits per heavy atom. The third-order valence-electron chi connectivity index (χ3n) is 0.223. The van der Waals surface area contributed by atoms with Crippen LogP contribution in [0.2, 0.25) is 0 Å². The zero-order chi connectivity index (χ0) is 4.12. The van der Waals surface area contributed by atoms with E-state index in [-0.39, 0.29) is 0 Å². The minimum atomic E-state index is 0.615. The van der Waals surface area contributed by atoms with E-state index < -0.39 is 0 Å². The van der Waals surface area contributed by atoms with E-state index in [0.29, 0.717) is 6.42 Å². The van der Waals surface area contributed by atoms with Gasteiger partial charge in [-0.05, 0) is 4.85 Å². The molecule has 0 spiro atoms. The van der Waals surface area contributed by atoms with Crippen LogP contribution in [-0.4, -0.2) is 6.21 Å². The maximum atomic E-state index is 9.04. The fraction of sp³-hybridized carbons (Fsp3) is 0.667. The quantitative estimate of drug-likeness (QED) is 0.246. The van der Waals surface area contributed by atoms with Crippen molar-refractivity contribution in [2.24, 2.45) is 0 Å². The Morgan fingerprint density at radius 1 is 2.00 bits per heavy atom. The van der Waals surface area contributed by atoms with Crippen molar-refractivity contribution in [2.45, 2.75) is 13.3 Å². The molecule has 0 saturated carbocycles. The highest BCUT2D eigenvalue weighted by molar-refractivity contribution is 5.54. The normalized spacial score (nSPS) is 5.80. The molecule has 2 heteroatoms. The SMILES string of the molecule is CC[C-]=[N+]=O. The minimum Gasteiger partial charge on any atom is -0.110 e. The molecule has 2 nitrogen and oxygen atoms in total. The summed E-state index contributed by atoms with van der Waals surface area (Å²) in [6.45, 7) is 1.81. The lowest BCUT2D eigenvalue weighted by Crippen LogP contribution is -1.65. The van der Waals surface area contributed by atoms with Gasteiger partial charge in [0, 0.05) is 6.21 Å². The van der Waals surface area contributed by atoms with Crippen LogP contribution in [0, 0.1) is 4.91 Å². The molecule has 0 aliphatic rings. The molecule has 0 rings (SSSR count). The maximum Gasteiger partial charge on any atom is 0.119 e. The highest BCUT2D eigenvalue weighted by Gasteiger charge is 1.50. The largest absolute Gasteiger partial charge is 0.119 e. The van der Waals surface area contributed by atoms with Crippen LogP contribution in [0.5, 0.6) is 0 Å². The van der Waals surface area contributed by atoms with Crippen LogP contribution in [0.1, 0.15) is 13.3 Å². The van der Waals surface area contributed by atoms with E-state index in [4.69, 9.17) is 4.91 Å². The first kappa shape index (κ1) is 4.38. The summed E-state index contributed by atoms with van der Waals surface area (Å²) in [5.74, 6) is 0. The lowest BCUT2D eigenvalue weighted by Gasteiger charge is -1.59. The van der Waals surface area contributed by atoms with Crippen LogP contribution in [0.15, 0.2) is 0 Å². The average Bonchev–Trinajstić information content (AvgIpc) is 1.41. The number of rotatable bonds is 1. The molecule has 0 aliphatic carbocycles. The summed E-state index contributed by atoms with van der Waals surface area (Å²) in [5, 5.41) is 0. The average molecular weight is 71.1 g/mol. The first-order chi connectivity index (χ1) is 2.41. The van der Waals surface area contributed by atoms with Crippen LogP contribution in [0.3, 0.4) is 0 Å². The third-order valence-corrected chi connectivity index (χ3v) is 0.223. The van der Waals surface area contributed by atoms with Crippen LogP contribution in [0.4, 0.5) is 0 Å². The van der Waals surface area contributed by atoms with Gasteiger partial charge in [0.05, 0.1) is 0 Å². The lowest BCUT2D eigenvalue weighted by atomic mass is 10.6. The smallest absolute Gasteiger partial charge is 0.110 e. The topological polar surface area (TPSA) is 31.2 Å². The Balaban J connectivity index is 2.93. The first-order valence-electron chi connectivity index (χ1n) is 1.47. The van der Waals surface area contributed by atoms with Crippen molar-refractivity contribution < 1.29 is 0 Å². The molecule has 0 bridgehead atoms. The van der Waals surface area contributed by atoms with Crippen molar-refractivity contribution in [1.29, 1.82) is 0 Å². The number of nitrogens with zero attached hydrogens (tertiary/aromatic N) is 1. The number of hydrogen-bond acceptors (Lipinski definition) is 1. The number of hydrogen-bond donors (Lipinski definition) is 0. The zero-order valence-electron chi connectivity index (χ0n) is 3.06. The second-order valence-corrected chi connectivity index (χ2v) is 0.603. The molecule has 0 aromatic rings. The molecule has 0 heterocycles. The Kier molecular flexibility index (Phi) is 2.96. The van der Waals surface area contributed by atoms with E-state index in [0.717, 1.165) is 0 Å². The summed E-state index contributed by atoms with van der Waals surface area (Å²) in [7, 11) is 0. The third kappa shape index (κ3) is 3.38. The Hall–Kier alpha value is -0.620. The summed E-state index contributed by atoms with van der Waals surface area (Å²) < 4.78 is 0. The summed E-state index contributed by atoms with van der Waals surface area (Å²) in [6.07, 6.45) is 2.80. The van der Waals surface area contributed by atoms with Gasteiger partial charge in [0.2, 0.25) is 0 Å². The molecule has 0 aromatic heterocycles. The maximum absolute atomic E-state index is 9.04. The van der Waals surface area contributed by atoms with Crippen molar-refractivity contribution in [3.05, 3.63) is 4.91 Å². The molecule has 0 saturated heterocycles. The molecule has 0 unspecified atom stereocenters. The minimum absolute atomic E-state index is 0.615. The van der Waals surface area contributed by atoms with Crippen molar-refractivity contribution in [3.8, 4) is 0 Å². The Bertz CT molecular complexity index is 53.9. The number of nitroso groups, excluding NO2 is 1. The van der Waals surface area contributed by atoms with E-state index in [1.807, 2.05) is 0 Å². The van der Waals surface area contributed by atoms with E-state index in [1.54, 1.807) is 6.92 Å². The molecule has 0 atom stereocenters. The molecular weight excluding hydrogens is 66.0 g/mol. The van der Waals surface area contributed by atoms with Gasteiger partial charge in [-0.1, -0.05) is 6.92 Å². The van der Waals surface area contributed by atoms with Gasteiger partial charge in [-0.2, -0.15) is 0 Å². The molecule has 28 valence electrons. The van der Waals surface area contributed by atoms with Gasteiger partial charge in [-0.25, -0.2) is 0 Å². The molecular formula is C3H5NO. The summed E-state index contributed by atoms with van der Waals surface area (Å²) in [6, 6.07) is 0. The van der Waals surface area contributed by atoms with Crippen LogP contribution in [-0.2, 0) is 0 Å². The molecule has 0 aliphatic heterocycles. The zero-order valence-corrected chi connectivity index (χ0v) is 3.06. The van der Waals surface area contributed by atoms with Gasteiger partial charge in [0.1, 0.15) is 4.91 Å². The predicted octanol–water partition coefficient (Wildman–Crippen LogP) is 0.178. The molecule has 5 heavy (non-hydrogen) atoms. The van der Waals surface area contributed by atoms with Crippen molar-refractivity contribution in [2.75, 3.05) is 0 Å². The van der Waals surface area contributed by atoms with Gasteiger partial charge in [0.25, 0.3) is 0 Å². The lowest BCUT2D eigenvalue weighted by molar-refractivity contribution is 1.31. The fourth-order valence-corrected chi connectivity index (χ4v) is 0.0645. The summed E-state index contributed by atoms with van der Waals surface area (Å²) in [5.41, 5.74) is 0. The van der Waals surface area contributed by atoms with Gasteiger partial charge in [-0.3, -0.25) is 0 Å². The standard InChI is InChI=1S/C3H5NO/c1-2-3-4-5/h2H2,1H3. The van der Waals surface area contributed by atoms with E-state index in [2.05, 4.69) is 11.1 Å². The molecule has 0 aromatic carbocycles.